The number of furan rings is 1. The highest BCUT2D eigenvalue weighted by Gasteiger charge is 2.43. The molecule has 1 aliphatic heterocycles. The van der Waals surface area contributed by atoms with E-state index in [1.165, 1.54) is 6.26 Å². The molecule has 1 fully saturated rings. The van der Waals surface area contributed by atoms with Gasteiger partial charge in [0.15, 0.2) is 0 Å². The zero-order valence-corrected chi connectivity index (χ0v) is 12.2. The van der Waals surface area contributed by atoms with Crippen LogP contribution in [0.2, 0.25) is 0 Å². The first-order valence-electron chi connectivity index (χ1n) is 7.23. The summed E-state index contributed by atoms with van der Waals surface area (Å²) in [5.41, 5.74) is 1.72. The van der Waals surface area contributed by atoms with E-state index in [0.717, 1.165) is 5.56 Å². The van der Waals surface area contributed by atoms with Gasteiger partial charge in [0.05, 0.1) is 12.2 Å². The van der Waals surface area contributed by atoms with E-state index in [4.69, 9.17) is 4.42 Å². The molecule has 2 unspecified atom stereocenters. The molecule has 2 aromatic rings. The molecule has 114 valence electrons. The van der Waals surface area contributed by atoms with Gasteiger partial charge in [-0.1, -0.05) is 12.1 Å². The Labute approximate surface area is 128 Å². The number of piperidine rings is 1. The van der Waals surface area contributed by atoms with E-state index in [1.807, 2.05) is 31.2 Å². The number of benzene rings is 1. The normalized spacial score (nSPS) is 21.9. The van der Waals surface area contributed by atoms with Crippen molar-refractivity contribution in [2.24, 2.45) is 5.92 Å². The number of nitrogens with zero attached hydrogens (tertiary/aromatic N) is 1. The SMILES string of the molecule is Cc1cccc(N2C(=O)CCC(C(=O)O)C2c2ccco2)c1. The fourth-order valence-corrected chi connectivity index (χ4v) is 3.02. The predicted octanol–water partition coefficient (Wildman–Crippen LogP) is 3.16. The summed E-state index contributed by atoms with van der Waals surface area (Å²) in [6.07, 6.45) is 2.05. The van der Waals surface area contributed by atoms with Crippen LogP contribution in [0.3, 0.4) is 0 Å². The summed E-state index contributed by atoms with van der Waals surface area (Å²) in [5, 5.41) is 9.53. The van der Waals surface area contributed by atoms with Gasteiger partial charge in [-0.3, -0.25) is 9.59 Å². The van der Waals surface area contributed by atoms with Gasteiger partial charge >= 0.3 is 5.97 Å². The van der Waals surface area contributed by atoms with Crippen molar-refractivity contribution in [1.82, 2.24) is 0 Å². The van der Waals surface area contributed by atoms with Crippen LogP contribution in [0.1, 0.15) is 30.2 Å². The quantitative estimate of drug-likeness (QED) is 0.945. The number of amides is 1. The Hall–Kier alpha value is -2.56. The molecule has 0 aliphatic carbocycles. The molecule has 1 aliphatic rings. The van der Waals surface area contributed by atoms with Gasteiger partial charge in [-0.2, -0.15) is 0 Å². The second-order valence-electron chi connectivity index (χ2n) is 5.55. The minimum absolute atomic E-state index is 0.0792. The minimum Gasteiger partial charge on any atom is -0.481 e. The first-order chi connectivity index (χ1) is 10.6. The molecule has 3 rings (SSSR count). The number of rotatable bonds is 3. The Kier molecular flexibility index (Phi) is 3.71. The molecule has 5 nitrogen and oxygen atoms in total. The molecule has 5 heteroatoms. The Bertz CT molecular complexity index is 692. The van der Waals surface area contributed by atoms with Gasteiger partial charge in [0.25, 0.3) is 0 Å². The van der Waals surface area contributed by atoms with Gasteiger partial charge in [-0.05, 0) is 43.2 Å². The highest BCUT2D eigenvalue weighted by atomic mass is 16.4. The van der Waals surface area contributed by atoms with Gasteiger partial charge in [0, 0.05) is 12.1 Å². The van der Waals surface area contributed by atoms with Gasteiger partial charge in [0.2, 0.25) is 5.91 Å². The number of hydrogen-bond acceptors (Lipinski definition) is 3. The number of aryl methyl sites for hydroxylation is 1. The maximum absolute atomic E-state index is 12.5. The lowest BCUT2D eigenvalue weighted by Crippen LogP contribution is -2.45. The second kappa shape index (κ2) is 5.67. The minimum atomic E-state index is -0.911. The molecule has 1 saturated heterocycles. The molecule has 0 bridgehead atoms. The highest BCUT2D eigenvalue weighted by Crippen LogP contribution is 2.40. The third kappa shape index (κ3) is 2.50. The Morgan fingerprint density at radius 1 is 1.32 bits per heavy atom. The van der Waals surface area contributed by atoms with E-state index in [0.29, 0.717) is 17.9 Å². The van der Waals surface area contributed by atoms with E-state index in [9.17, 15) is 14.7 Å². The molecular formula is C17H17NO4. The lowest BCUT2D eigenvalue weighted by Gasteiger charge is -2.38. The average Bonchev–Trinajstić information content (AvgIpc) is 3.00. The smallest absolute Gasteiger partial charge is 0.309 e. The number of hydrogen-bond donors (Lipinski definition) is 1. The summed E-state index contributed by atoms with van der Waals surface area (Å²) in [6, 6.07) is 10.3. The van der Waals surface area contributed by atoms with Crippen LogP contribution in [0.25, 0.3) is 0 Å². The average molecular weight is 299 g/mol. The van der Waals surface area contributed by atoms with Crippen LogP contribution in [0.4, 0.5) is 5.69 Å². The number of carbonyl (C=O) groups excluding carboxylic acids is 1. The van der Waals surface area contributed by atoms with Crippen LogP contribution in [0.15, 0.2) is 47.1 Å². The molecule has 1 aromatic carbocycles. The van der Waals surface area contributed by atoms with E-state index in [2.05, 4.69) is 0 Å². The zero-order chi connectivity index (χ0) is 15.7. The number of carbonyl (C=O) groups is 2. The number of anilines is 1. The standard InChI is InChI=1S/C17H17NO4/c1-11-4-2-5-12(10-11)18-15(19)8-7-13(17(20)21)16(18)14-6-3-9-22-14/h2-6,9-10,13,16H,7-8H2,1H3,(H,20,21). The molecule has 0 radical (unpaired) electrons. The van der Waals surface area contributed by atoms with Crippen molar-refractivity contribution in [2.75, 3.05) is 4.90 Å². The van der Waals surface area contributed by atoms with Crippen LogP contribution < -0.4 is 4.90 Å². The van der Waals surface area contributed by atoms with Crippen molar-refractivity contribution < 1.29 is 19.1 Å². The molecule has 2 heterocycles. The molecule has 0 saturated carbocycles. The lowest BCUT2D eigenvalue weighted by molar-refractivity contribution is -0.144. The second-order valence-corrected chi connectivity index (χ2v) is 5.55. The molecule has 2 atom stereocenters. The molecular weight excluding hydrogens is 282 g/mol. The molecule has 1 amide bonds. The largest absolute Gasteiger partial charge is 0.481 e. The number of carboxylic acids is 1. The Balaban J connectivity index is 2.10. The predicted molar refractivity (Wildman–Crippen MR) is 80.5 cm³/mol. The van der Waals surface area contributed by atoms with Crippen LogP contribution in [-0.2, 0) is 9.59 Å². The van der Waals surface area contributed by atoms with Crippen molar-refractivity contribution in [1.29, 1.82) is 0 Å². The summed E-state index contributed by atoms with van der Waals surface area (Å²) in [7, 11) is 0. The zero-order valence-electron chi connectivity index (χ0n) is 12.2. The van der Waals surface area contributed by atoms with Crippen molar-refractivity contribution in [3.8, 4) is 0 Å². The maximum Gasteiger partial charge on any atom is 0.309 e. The molecule has 1 N–H and O–H groups in total. The van der Waals surface area contributed by atoms with Crippen LogP contribution >= 0.6 is 0 Å². The number of aliphatic carboxylic acids is 1. The van der Waals surface area contributed by atoms with Gasteiger partial charge < -0.3 is 14.4 Å². The van der Waals surface area contributed by atoms with Crippen LogP contribution in [0.5, 0.6) is 0 Å². The first kappa shape index (κ1) is 14.4. The van der Waals surface area contributed by atoms with Crippen LogP contribution in [0, 0.1) is 12.8 Å². The molecule has 1 aromatic heterocycles. The fraction of sp³-hybridized carbons (Fsp3) is 0.294. The van der Waals surface area contributed by atoms with E-state index >= 15 is 0 Å². The van der Waals surface area contributed by atoms with E-state index < -0.39 is 17.9 Å². The summed E-state index contributed by atoms with van der Waals surface area (Å²) < 4.78 is 5.43. The van der Waals surface area contributed by atoms with Crippen molar-refractivity contribution >= 4 is 17.6 Å². The third-order valence-corrected chi connectivity index (χ3v) is 4.03. The fourth-order valence-electron chi connectivity index (χ4n) is 3.02. The van der Waals surface area contributed by atoms with Crippen molar-refractivity contribution in [3.63, 3.8) is 0 Å². The first-order valence-corrected chi connectivity index (χ1v) is 7.23. The third-order valence-electron chi connectivity index (χ3n) is 4.03. The molecule has 0 spiro atoms. The van der Waals surface area contributed by atoms with E-state index in [1.54, 1.807) is 17.0 Å². The van der Waals surface area contributed by atoms with Crippen LogP contribution in [-0.4, -0.2) is 17.0 Å². The van der Waals surface area contributed by atoms with Gasteiger partial charge in [0.1, 0.15) is 11.8 Å². The van der Waals surface area contributed by atoms with Crippen molar-refractivity contribution in [3.05, 3.63) is 54.0 Å². The summed E-state index contributed by atoms with van der Waals surface area (Å²) in [5.74, 6) is -1.16. The summed E-state index contributed by atoms with van der Waals surface area (Å²) in [6.45, 7) is 1.94. The molecule has 22 heavy (non-hydrogen) atoms. The Morgan fingerprint density at radius 3 is 2.77 bits per heavy atom. The van der Waals surface area contributed by atoms with Gasteiger partial charge in [-0.15, -0.1) is 0 Å². The maximum atomic E-state index is 12.5. The monoisotopic (exact) mass is 299 g/mol. The van der Waals surface area contributed by atoms with Gasteiger partial charge in [-0.25, -0.2) is 0 Å². The topological polar surface area (TPSA) is 70.8 Å². The Morgan fingerprint density at radius 2 is 2.14 bits per heavy atom. The number of carboxylic acid groups (broad SMARTS) is 1. The van der Waals surface area contributed by atoms with E-state index in [-0.39, 0.29) is 12.3 Å². The lowest BCUT2D eigenvalue weighted by atomic mass is 9.86. The van der Waals surface area contributed by atoms with Crippen molar-refractivity contribution in [2.45, 2.75) is 25.8 Å². The summed E-state index contributed by atoms with van der Waals surface area (Å²) >= 11 is 0. The highest BCUT2D eigenvalue weighted by molar-refractivity contribution is 5.96. The summed E-state index contributed by atoms with van der Waals surface area (Å²) in [4.78, 5) is 25.7.